The molecule has 0 spiro atoms. The first-order valence-corrected chi connectivity index (χ1v) is 16.4. The molecular weight excluding hydrogens is 706 g/mol. The Hall–Kier alpha value is -4.73. The van der Waals surface area contributed by atoms with Crippen molar-refractivity contribution in [3.63, 3.8) is 0 Å². The molecule has 2 amide bonds. The molecule has 2 N–H and O–H groups in total. The van der Waals surface area contributed by atoms with E-state index in [2.05, 4.69) is 5.32 Å². The number of carbonyl (C=O) groups is 3. The van der Waals surface area contributed by atoms with Crippen LogP contribution in [0.3, 0.4) is 0 Å². The third kappa shape index (κ3) is 7.43. The molecule has 1 saturated heterocycles. The van der Waals surface area contributed by atoms with Crippen LogP contribution in [0.5, 0.6) is 5.75 Å². The Morgan fingerprint density at radius 1 is 1.10 bits per heavy atom. The SMILES string of the molecule is Cc1cccc2c1-c1cc(C(F)F)c(F)c(c1)[C@H](CC(=O)O)NC(=O)[C@@H](N1CC(CCN3CC(F)C3)C(C(F)(F)F)=CC1=O)C1CC(=CC=C1F)O2. The minimum atomic E-state index is -4.96. The number of carboxylic acids is 1. The minimum absolute atomic E-state index is 0.00457. The number of carbonyl (C=O) groups excluding carboxylic acids is 2. The molecule has 52 heavy (non-hydrogen) atoms. The number of hydrogen-bond donors (Lipinski definition) is 2. The van der Waals surface area contributed by atoms with E-state index in [-0.39, 0.29) is 48.7 Å². The zero-order valence-corrected chi connectivity index (χ0v) is 27.5. The number of rotatable bonds is 7. The second-order valence-corrected chi connectivity index (χ2v) is 13.3. The summed E-state index contributed by atoms with van der Waals surface area (Å²) < 4.78 is 123. The van der Waals surface area contributed by atoms with Gasteiger partial charge in [-0.1, -0.05) is 12.1 Å². The molecule has 6 rings (SSSR count). The van der Waals surface area contributed by atoms with Crippen molar-refractivity contribution < 1.29 is 59.4 Å². The van der Waals surface area contributed by atoms with Crippen molar-refractivity contribution in [3.05, 3.63) is 88.2 Å². The van der Waals surface area contributed by atoms with Gasteiger partial charge in [-0.2, -0.15) is 13.2 Å². The Labute approximate surface area is 292 Å². The molecule has 278 valence electrons. The van der Waals surface area contributed by atoms with Gasteiger partial charge in [-0.15, -0.1) is 0 Å². The first-order valence-electron chi connectivity index (χ1n) is 16.4. The smallest absolute Gasteiger partial charge is 0.413 e. The van der Waals surface area contributed by atoms with Crippen LogP contribution in [0.2, 0.25) is 0 Å². The Morgan fingerprint density at radius 3 is 2.48 bits per heavy atom. The number of amides is 2. The van der Waals surface area contributed by atoms with E-state index < -0.39 is 108 Å². The third-order valence-corrected chi connectivity index (χ3v) is 9.84. The van der Waals surface area contributed by atoms with Crippen LogP contribution in [0.4, 0.5) is 35.1 Å². The third-order valence-electron chi connectivity index (χ3n) is 9.84. The van der Waals surface area contributed by atoms with Gasteiger partial charge >= 0.3 is 12.1 Å². The van der Waals surface area contributed by atoms with Gasteiger partial charge in [0.05, 0.1) is 18.0 Å². The molecule has 1 aliphatic carbocycles. The summed E-state index contributed by atoms with van der Waals surface area (Å²) in [4.78, 5) is 42.3. The first kappa shape index (κ1) is 37.0. The van der Waals surface area contributed by atoms with Gasteiger partial charge in [-0.25, -0.2) is 22.0 Å². The van der Waals surface area contributed by atoms with Gasteiger partial charge < -0.3 is 20.1 Å². The molecule has 2 aromatic rings. The molecule has 4 bridgehead atoms. The summed E-state index contributed by atoms with van der Waals surface area (Å²) in [5, 5.41) is 12.1. The molecular formula is C36H33F8N3O5. The Bertz CT molecular complexity index is 1870. The van der Waals surface area contributed by atoms with Crippen molar-refractivity contribution in [1.82, 2.24) is 15.1 Å². The van der Waals surface area contributed by atoms with Gasteiger partial charge in [-0.05, 0) is 61.4 Å². The molecule has 2 aromatic carbocycles. The topological polar surface area (TPSA) is 99.2 Å². The Kier molecular flexibility index (Phi) is 10.2. The van der Waals surface area contributed by atoms with E-state index in [0.29, 0.717) is 11.6 Å². The lowest BCUT2D eigenvalue weighted by Crippen LogP contribution is -2.57. The number of benzene rings is 2. The number of nitrogens with one attached hydrogen (secondary N) is 1. The zero-order chi connectivity index (χ0) is 37.6. The highest BCUT2D eigenvalue weighted by Gasteiger charge is 2.48. The van der Waals surface area contributed by atoms with E-state index >= 15 is 8.78 Å². The molecule has 0 aromatic heterocycles. The maximum absolute atomic E-state index is 15.9. The number of carboxylic acid groups (broad SMARTS) is 1. The molecule has 3 aliphatic heterocycles. The van der Waals surface area contributed by atoms with Crippen molar-refractivity contribution in [1.29, 1.82) is 0 Å². The van der Waals surface area contributed by atoms with E-state index in [1.54, 1.807) is 24.0 Å². The number of halogens is 8. The second kappa shape index (κ2) is 14.4. The van der Waals surface area contributed by atoms with Crippen molar-refractivity contribution in [3.8, 4) is 16.9 Å². The molecule has 4 atom stereocenters. The maximum atomic E-state index is 15.9. The summed E-state index contributed by atoms with van der Waals surface area (Å²) in [5.41, 5.74) is -2.26. The Balaban J connectivity index is 1.49. The standard InChI is InChI=1S/C36H33F8N3O5/c1-17-3-2-4-28-31(17)19-9-23(32(39)24(10-19)34(40)41)27(13-30(49)50)45-35(51)33(22-11-21(52-28)5-6-26(22)38)47-14-18(7-8-46-15-20(37)16-46)25(12-29(47)48)36(42,43)44/h2-6,9-10,12,18,20,22,27,33-34H,7-8,11,13-16H2,1H3,(H,45,51)(H,49,50)/t18?,22?,27-,33-/m0/s1. The van der Waals surface area contributed by atoms with E-state index in [1.165, 1.54) is 12.1 Å². The fraction of sp³-hybridized carbons (Fsp3) is 0.417. The van der Waals surface area contributed by atoms with Gasteiger partial charge in [0, 0.05) is 60.7 Å². The second-order valence-electron chi connectivity index (χ2n) is 13.3. The number of fused-ring (bicyclic) bond motifs is 6. The van der Waals surface area contributed by atoms with Crippen molar-refractivity contribution in [2.24, 2.45) is 11.8 Å². The summed E-state index contributed by atoms with van der Waals surface area (Å²) in [6, 6.07) is 2.83. The first-order chi connectivity index (χ1) is 24.5. The van der Waals surface area contributed by atoms with Crippen LogP contribution in [-0.2, 0) is 14.4 Å². The van der Waals surface area contributed by atoms with Gasteiger partial charge in [0.2, 0.25) is 11.8 Å². The van der Waals surface area contributed by atoms with Crippen LogP contribution in [-0.4, -0.2) is 77.3 Å². The number of likely N-dealkylation sites (tertiary alicyclic amines) is 1. The summed E-state index contributed by atoms with van der Waals surface area (Å²) >= 11 is 0. The monoisotopic (exact) mass is 739 g/mol. The lowest BCUT2D eigenvalue weighted by molar-refractivity contribution is -0.144. The summed E-state index contributed by atoms with van der Waals surface area (Å²) in [6.45, 7) is 0.935. The van der Waals surface area contributed by atoms with Gasteiger partial charge in [-0.3, -0.25) is 19.3 Å². The van der Waals surface area contributed by atoms with E-state index in [0.717, 1.165) is 23.1 Å². The van der Waals surface area contributed by atoms with Gasteiger partial charge in [0.25, 0.3) is 6.43 Å². The summed E-state index contributed by atoms with van der Waals surface area (Å²) in [5.74, 6) is -9.54. The highest BCUT2D eigenvalue weighted by molar-refractivity contribution is 5.95. The van der Waals surface area contributed by atoms with Crippen LogP contribution in [0.1, 0.15) is 48.4 Å². The van der Waals surface area contributed by atoms with Crippen molar-refractivity contribution in [2.45, 2.75) is 57.0 Å². The lowest BCUT2D eigenvalue weighted by atomic mass is 9.84. The number of nitrogens with zero attached hydrogens (tertiary/aromatic N) is 2. The van der Waals surface area contributed by atoms with Crippen molar-refractivity contribution >= 4 is 17.8 Å². The van der Waals surface area contributed by atoms with Crippen LogP contribution in [0.25, 0.3) is 11.1 Å². The highest BCUT2D eigenvalue weighted by atomic mass is 19.4. The molecule has 2 unspecified atom stereocenters. The van der Waals surface area contributed by atoms with Crippen molar-refractivity contribution in [2.75, 3.05) is 26.2 Å². The van der Waals surface area contributed by atoms with Gasteiger partial charge in [0.1, 0.15) is 35.4 Å². The average Bonchev–Trinajstić information content (AvgIpc) is 3.04. The number of ether oxygens (including phenoxy) is 1. The zero-order valence-electron chi connectivity index (χ0n) is 27.5. The van der Waals surface area contributed by atoms with E-state index in [1.807, 2.05) is 0 Å². The van der Waals surface area contributed by atoms with Crippen LogP contribution in [0.15, 0.2) is 65.7 Å². The summed E-state index contributed by atoms with van der Waals surface area (Å²) in [6.07, 6.45) is -8.62. The normalized spacial score (nSPS) is 24.3. The maximum Gasteiger partial charge on any atom is 0.413 e. The molecule has 1 fully saturated rings. The molecule has 4 aliphatic rings. The number of aliphatic carboxylic acids is 1. The summed E-state index contributed by atoms with van der Waals surface area (Å²) in [7, 11) is 0. The number of hydrogen-bond acceptors (Lipinski definition) is 5. The largest absolute Gasteiger partial charge is 0.481 e. The number of allylic oxidation sites excluding steroid dienone is 3. The quantitative estimate of drug-likeness (QED) is 0.301. The van der Waals surface area contributed by atoms with E-state index in [9.17, 15) is 45.8 Å². The molecule has 3 heterocycles. The molecule has 0 radical (unpaired) electrons. The Morgan fingerprint density at radius 2 is 1.83 bits per heavy atom. The fourth-order valence-corrected chi connectivity index (χ4v) is 7.29. The molecule has 8 nitrogen and oxygen atoms in total. The lowest BCUT2D eigenvalue weighted by Gasteiger charge is -2.42. The van der Waals surface area contributed by atoms with Crippen LogP contribution < -0.4 is 10.1 Å². The fourth-order valence-electron chi connectivity index (χ4n) is 7.29. The van der Waals surface area contributed by atoms with E-state index in [4.69, 9.17) is 4.74 Å². The van der Waals surface area contributed by atoms with Gasteiger partial charge in [0.15, 0.2) is 0 Å². The average molecular weight is 740 g/mol. The minimum Gasteiger partial charge on any atom is -0.481 e. The van der Waals surface area contributed by atoms with Crippen LogP contribution >= 0.6 is 0 Å². The number of aryl methyl sites for hydroxylation is 1. The molecule has 0 saturated carbocycles. The highest BCUT2D eigenvalue weighted by Crippen LogP contribution is 2.43. The molecule has 16 heteroatoms. The number of alkyl halides is 6. The van der Waals surface area contributed by atoms with Crippen LogP contribution in [0, 0.1) is 24.6 Å². The predicted octanol–water partition coefficient (Wildman–Crippen LogP) is 6.88. The predicted molar refractivity (Wildman–Crippen MR) is 170 cm³/mol.